The Hall–Kier alpha value is -2.71. The molecule has 8 nitrogen and oxygen atoms in total. The van der Waals surface area contributed by atoms with E-state index in [1.165, 1.54) is 0 Å². The first-order valence-corrected chi connectivity index (χ1v) is 9.37. The van der Waals surface area contributed by atoms with E-state index in [0.29, 0.717) is 32.1 Å². The van der Waals surface area contributed by atoms with Gasteiger partial charge in [-0.1, -0.05) is 30.3 Å². The molecule has 1 N–H and O–H groups in total. The lowest BCUT2D eigenvalue weighted by atomic mass is 10.2. The normalized spacial score (nSPS) is 18.2. The predicted molar refractivity (Wildman–Crippen MR) is 103 cm³/mol. The van der Waals surface area contributed by atoms with E-state index in [2.05, 4.69) is 14.8 Å². The van der Waals surface area contributed by atoms with Gasteiger partial charge < -0.3 is 24.3 Å². The highest BCUT2D eigenvalue weighted by atomic mass is 16.5. The fourth-order valence-electron chi connectivity index (χ4n) is 3.51. The number of hydrogen-bond donors (Lipinski definition) is 1. The third-order valence-electron chi connectivity index (χ3n) is 4.97. The van der Waals surface area contributed by atoms with Gasteiger partial charge in [0.25, 0.3) is 0 Å². The van der Waals surface area contributed by atoms with Gasteiger partial charge in [-0.3, -0.25) is 0 Å². The molecule has 0 bridgehead atoms. The Bertz CT molecular complexity index is 917. The molecule has 5 rings (SSSR count). The molecule has 0 aliphatic carbocycles. The van der Waals surface area contributed by atoms with Crippen LogP contribution in [0.1, 0.15) is 0 Å². The average Bonchev–Trinajstić information content (AvgIpc) is 3.19. The SMILES string of the molecule is c1ccc(-c2nc3nc(N4CCOCC4)nc(N4CCOCC4)c3[nH]2)cc1. The average molecular weight is 366 g/mol. The highest BCUT2D eigenvalue weighted by molar-refractivity contribution is 5.87. The number of hydrogen-bond acceptors (Lipinski definition) is 7. The Labute approximate surface area is 157 Å². The van der Waals surface area contributed by atoms with Crippen LogP contribution in [0.3, 0.4) is 0 Å². The minimum Gasteiger partial charge on any atom is -0.378 e. The fourth-order valence-corrected chi connectivity index (χ4v) is 3.51. The zero-order valence-corrected chi connectivity index (χ0v) is 15.1. The van der Waals surface area contributed by atoms with Crippen LogP contribution in [0.5, 0.6) is 0 Å². The van der Waals surface area contributed by atoms with Crippen LogP contribution in [0.25, 0.3) is 22.6 Å². The zero-order valence-electron chi connectivity index (χ0n) is 15.1. The number of H-pyrrole nitrogens is 1. The molecule has 27 heavy (non-hydrogen) atoms. The van der Waals surface area contributed by atoms with Crippen molar-refractivity contribution in [3.05, 3.63) is 30.3 Å². The Balaban J connectivity index is 1.62. The summed E-state index contributed by atoms with van der Waals surface area (Å²) in [7, 11) is 0. The van der Waals surface area contributed by atoms with E-state index in [4.69, 9.17) is 24.4 Å². The molecule has 2 aromatic heterocycles. The Morgan fingerprint density at radius 3 is 2.15 bits per heavy atom. The second kappa shape index (κ2) is 7.13. The summed E-state index contributed by atoms with van der Waals surface area (Å²) in [6.45, 7) is 6.03. The van der Waals surface area contributed by atoms with Crippen LogP contribution in [-0.2, 0) is 9.47 Å². The number of aromatic nitrogens is 4. The maximum atomic E-state index is 5.52. The highest BCUT2D eigenvalue weighted by Gasteiger charge is 2.23. The summed E-state index contributed by atoms with van der Waals surface area (Å²) in [4.78, 5) is 22.3. The number of fused-ring (bicyclic) bond motifs is 1. The van der Waals surface area contributed by atoms with E-state index in [-0.39, 0.29) is 0 Å². The van der Waals surface area contributed by atoms with Gasteiger partial charge in [-0.2, -0.15) is 9.97 Å². The number of nitrogens with one attached hydrogen (secondary N) is 1. The van der Waals surface area contributed by atoms with Crippen LogP contribution in [0.15, 0.2) is 30.3 Å². The van der Waals surface area contributed by atoms with Crippen molar-refractivity contribution in [2.45, 2.75) is 0 Å². The van der Waals surface area contributed by atoms with Crippen LogP contribution in [0, 0.1) is 0 Å². The van der Waals surface area contributed by atoms with E-state index < -0.39 is 0 Å². The molecule has 8 heteroatoms. The molecule has 2 saturated heterocycles. The van der Waals surface area contributed by atoms with Crippen LogP contribution < -0.4 is 9.80 Å². The van der Waals surface area contributed by atoms with Gasteiger partial charge in [0.2, 0.25) is 5.95 Å². The zero-order chi connectivity index (χ0) is 18.1. The maximum Gasteiger partial charge on any atom is 0.229 e. The van der Waals surface area contributed by atoms with E-state index in [9.17, 15) is 0 Å². The van der Waals surface area contributed by atoms with E-state index in [0.717, 1.165) is 54.8 Å². The van der Waals surface area contributed by atoms with Crippen LogP contribution >= 0.6 is 0 Å². The molecule has 0 saturated carbocycles. The van der Waals surface area contributed by atoms with Crippen molar-refractivity contribution in [1.82, 2.24) is 19.9 Å². The first-order chi connectivity index (χ1) is 13.4. The van der Waals surface area contributed by atoms with Crippen molar-refractivity contribution < 1.29 is 9.47 Å². The van der Waals surface area contributed by atoms with E-state index in [1.54, 1.807) is 0 Å². The number of imidazole rings is 1. The smallest absolute Gasteiger partial charge is 0.229 e. The van der Waals surface area contributed by atoms with Gasteiger partial charge in [-0.15, -0.1) is 0 Å². The summed E-state index contributed by atoms with van der Waals surface area (Å²) in [6.07, 6.45) is 0. The molecule has 2 fully saturated rings. The first-order valence-electron chi connectivity index (χ1n) is 9.37. The largest absolute Gasteiger partial charge is 0.378 e. The monoisotopic (exact) mass is 366 g/mol. The van der Waals surface area contributed by atoms with E-state index in [1.807, 2.05) is 30.3 Å². The number of aromatic amines is 1. The highest BCUT2D eigenvalue weighted by Crippen LogP contribution is 2.28. The molecular formula is C19H22N6O2. The second-order valence-corrected chi connectivity index (χ2v) is 6.70. The minimum atomic E-state index is 0.699. The maximum absolute atomic E-state index is 5.52. The van der Waals surface area contributed by atoms with Crippen molar-refractivity contribution in [3.63, 3.8) is 0 Å². The quantitative estimate of drug-likeness (QED) is 0.756. The van der Waals surface area contributed by atoms with Crippen molar-refractivity contribution in [3.8, 4) is 11.4 Å². The topological polar surface area (TPSA) is 79.4 Å². The summed E-state index contributed by atoms with van der Waals surface area (Å²) in [5.74, 6) is 2.44. The summed E-state index contributed by atoms with van der Waals surface area (Å²) in [6, 6.07) is 10.1. The lowest BCUT2D eigenvalue weighted by Crippen LogP contribution is -2.39. The van der Waals surface area contributed by atoms with Gasteiger partial charge >= 0.3 is 0 Å². The van der Waals surface area contributed by atoms with Crippen LogP contribution in [-0.4, -0.2) is 72.5 Å². The molecule has 0 amide bonds. The molecule has 3 aromatic rings. The molecule has 2 aliphatic rings. The van der Waals surface area contributed by atoms with Crippen molar-refractivity contribution in [2.75, 3.05) is 62.4 Å². The molecule has 2 aliphatic heterocycles. The molecule has 0 unspecified atom stereocenters. The number of benzene rings is 1. The van der Waals surface area contributed by atoms with Gasteiger partial charge in [0, 0.05) is 31.7 Å². The number of rotatable bonds is 3. The van der Waals surface area contributed by atoms with Gasteiger partial charge in [-0.05, 0) is 0 Å². The lowest BCUT2D eigenvalue weighted by Gasteiger charge is -2.30. The van der Waals surface area contributed by atoms with Gasteiger partial charge in [0.15, 0.2) is 11.5 Å². The van der Waals surface area contributed by atoms with Crippen LogP contribution in [0.4, 0.5) is 11.8 Å². The van der Waals surface area contributed by atoms with Crippen LogP contribution in [0.2, 0.25) is 0 Å². The molecule has 140 valence electrons. The van der Waals surface area contributed by atoms with Crippen molar-refractivity contribution >= 4 is 22.9 Å². The van der Waals surface area contributed by atoms with Gasteiger partial charge in [-0.25, -0.2) is 4.98 Å². The molecule has 0 atom stereocenters. The Morgan fingerprint density at radius 1 is 0.778 bits per heavy atom. The number of morpholine rings is 2. The fraction of sp³-hybridized carbons (Fsp3) is 0.421. The number of ether oxygens (including phenoxy) is 2. The Morgan fingerprint density at radius 2 is 1.44 bits per heavy atom. The third kappa shape index (κ3) is 3.22. The van der Waals surface area contributed by atoms with Gasteiger partial charge in [0.1, 0.15) is 11.3 Å². The van der Waals surface area contributed by atoms with E-state index >= 15 is 0 Å². The molecule has 0 spiro atoms. The molecule has 1 aromatic carbocycles. The van der Waals surface area contributed by atoms with Crippen molar-refractivity contribution in [1.29, 1.82) is 0 Å². The lowest BCUT2D eigenvalue weighted by molar-refractivity contribution is 0.121. The standard InChI is InChI=1S/C19H22N6O2/c1-2-4-14(5-3-1)16-20-15-17(21-16)22-19(25-8-12-27-13-9-25)23-18(15)24-6-10-26-11-7-24/h1-5H,6-13H2,(H,20,21,22,23). The summed E-state index contributed by atoms with van der Waals surface area (Å²) in [5, 5.41) is 0. The number of anilines is 2. The molecular weight excluding hydrogens is 344 g/mol. The summed E-state index contributed by atoms with van der Waals surface area (Å²) >= 11 is 0. The molecule has 0 radical (unpaired) electrons. The molecule has 4 heterocycles. The first kappa shape index (κ1) is 16.5. The number of nitrogens with zero attached hydrogens (tertiary/aromatic N) is 5. The summed E-state index contributed by atoms with van der Waals surface area (Å²) in [5.41, 5.74) is 2.62. The van der Waals surface area contributed by atoms with Crippen molar-refractivity contribution in [2.24, 2.45) is 0 Å². The predicted octanol–water partition coefficient (Wildman–Crippen LogP) is 1.69. The Kier molecular flexibility index (Phi) is 4.35. The summed E-state index contributed by atoms with van der Waals surface area (Å²) < 4.78 is 11.0. The van der Waals surface area contributed by atoms with Gasteiger partial charge in [0.05, 0.1) is 26.4 Å². The third-order valence-corrected chi connectivity index (χ3v) is 4.97. The minimum absolute atomic E-state index is 0.699. The second-order valence-electron chi connectivity index (χ2n) is 6.70.